The number of anilines is 1. The van der Waals surface area contributed by atoms with Crippen molar-refractivity contribution in [3.8, 4) is 6.01 Å². The van der Waals surface area contributed by atoms with Gasteiger partial charge in [-0.1, -0.05) is 37.6 Å². The van der Waals surface area contributed by atoms with Crippen LogP contribution in [0.2, 0.25) is 0 Å². The number of fused-ring (bicyclic) bond motifs is 1. The number of benzene rings is 1. The number of carboxylic acids is 1. The van der Waals surface area contributed by atoms with Crippen LogP contribution in [0.3, 0.4) is 0 Å². The van der Waals surface area contributed by atoms with Crippen molar-refractivity contribution in [1.82, 2.24) is 29.3 Å². The fraction of sp³-hybridized carbons (Fsp3) is 0.519. The molecule has 4 N–H and O–H groups in total. The number of aryl methyl sites for hydroxylation is 1. The molecule has 3 rings (SSSR count). The Morgan fingerprint density at radius 3 is 2.46 bits per heavy atom. The SMILES string of the molecule is CCCCOc1nc(N)c2[nH]c(=O)n(CCCN(Cc3ccc(CC(=O)O)cc3)C(=O)CCCN(C)C)c2n1. The summed E-state index contributed by atoms with van der Waals surface area (Å²) in [5.41, 5.74) is 8.04. The summed E-state index contributed by atoms with van der Waals surface area (Å²) in [6.45, 7) is 4.45. The molecule has 0 unspecified atom stereocenters. The van der Waals surface area contributed by atoms with Gasteiger partial charge < -0.3 is 30.4 Å². The van der Waals surface area contributed by atoms with Gasteiger partial charge in [-0.25, -0.2) is 4.79 Å². The van der Waals surface area contributed by atoms with E-state index < -0.39 is 5.97 Å². The van der Waals surface area contributed by atoms with E-state index in [1.165, 1.54) is 4.57 Å². The van der Waals surface area contributed by atoms with E-state index in [2.05, 4.69) is 21.9 Å². The van der Waals surface area contributed by atoms with Gasteiger partial charge >= 0.3 is 17.7 Å². The van der Waals surface area contributed by atoms with Crippen LogP contribution in [0.5, 0.6) is 6.01 Å². The van der Waals surface area contributed by atoms with Crippen LogP contribution in [0.4, 0.5) is 5.82 Å². The Morgan fingerprint density at radius 2 is 1.79 bits per heavy atom. The maximum Gasteiger partial charge on any atom is 0.327 e. The summed E-state index contributed by atoms with van der Waals surface area (Å²) in [6, 6.07) is 7.37. The molecule has 12 nitrogen and oxygen atoms in total. The van der Waals surface area contributed by atoms with Gasteiger partial charge in [-0.2, -0.15) is 9.97 Å². The molecule has 0 aliphatic heterocycles. The van der Waals surface area contributed by atoms with Crippen LogP contribution in [0.15, 0.2) is 29.1 Å². The zero-order valence-corrected chi connectivity index (χ0v) is 23.0. The number of amides is 1. The molecular formula is C27H39N7O5. The lowest BCUT2D eigenvalue weighted by Crippen LogP contribution is -2.33. The highest BCUT2D eigenvalue weighted by molar-refractivity contribution is 5.81. The Bertz CT molecular complexity index is 1300. The van der Waals surface area contributed by atoms with Crippen molar-refractivity contribution >= 4 is 28.9 Å². The molecule has 0 aliphatic rings. The molecule has 0 atom stereocenters. The molecule has 0 radical (unpaired) electrons. The average molecular weight is 542 g/mol. The van der Waals surface area contributed by atoms with Gasteiger partial charge in [-0.3, -0.25) is 14.2 Å². The van der Waals surface area contributed by atoms with Gasteiger partial charge in [0, 0.05) is 26.1 Å². The van der Waals surface area contributed by atoms with Gasteiger partial charge in [-0.15, -0.1) is 0 Å². The second-order valence-corrected chi connectivity index (χ2v) is 9.84. The number of aromatic amines is 1. The number of carbonyl (C=O) groups excluding carboxylic acids is 1. The first kappa shape index (κ1) is 29.6. The number of imidazole rings is 1. The van der Waals surface area contributed by atoms with Crippen molar-refractivity contribution in [3.63, 3.8) is 0 Å². The number of hydrogen-bond donors (Lipinski definition) is 3. The molecule has 1 amide bonds. The highest BCUT2D eigenvalue weighted by Gasteiger charge is 2.17. The van der Waals surface area contributed by atoms with E-state index in [0.717, 1.165) is 31.4 Å². The highest BCUT2D eigenvalue weighted by atomic mass is 16.5. The number of aromatic nitrogens is 4. The number of carboxylic acid groups (broad SMARTS) is 1. The van der Waals surface area contributed by atoms with Gasteiger partial charge in [-0.05, 0) is 51.0 Å². The number of hydrogen-bond acceptors (Lipinski definition) is 8. The number of rotatable bonds is 16. The summed E-state index contributed by atoms with van der Waals surface area (Å²) in [7, 11) is 3.94. The molecule has 0 fully saturated rings. The summed E-state index contributed by atoms with van der Waals surface area (Å²) in [6.07, 6.45) is 3.42. The monoisotopic (exact) mass is 541 g/mol. The number of H-pyrrole nitrogens is 1. The third kappa shape index (κ3) is 8.81. The lowest BCUT2D eigenvalue weighted by atomic mass is 10.1. The first-order valence-corrected chi connectivity index (χ1v) is 13.3. The molecule has 0 spiro atoms. The summed E-state index contributed by atoms with van der Waals surface area (Å²) in [5.74, 6) is -0.720. The molecule has 212 valence electrons. The standard InChI is InChI=1S/C27H39N7O5/c1-4-5-16-39-26-30-24(28)23-25(31-26)34(27(38)29-23)15-7-14-33(21(35)8-6-13-32(2)3)18-20-11-9-19(10-12-20)17-22(36)37/h9-12H,4-8,13-18H2,1-3H3,(H,29,38)(H,36,37)(H2,28,30,31). The second kappa shape index (κ2) is 14.3. The van der Waals surface area contributed by atoms with E-state index in [1.54, 1.807) is 17.0 Å². The van der Waals surface area contributed by atoms with E-state index >= 15 is 0 Å². The van der Waals surface area contributed by atoms with Crippen LogP contribution in [-0.4, -0.2) is 80.1 Å². The Balaban J connectivity index is 1.72. The number of nitrogen functional groups attached to an aromatic ring is 1. The third-order valence-corrected chi connectivity index (χ3v) is 6.27. The molecule has 0 bridgehead atoms. The maximum atomic E-state index is 13.1. The van der Waals surface area contributed by atoms with Crippen molar-refractivity contribution in [1.29, 1.82) is 0 Å². The summed E-state index contributed by atoms with van der Waals surface area (Å²) >= 11 is 0. The minimum Gasteiger partial charge on any atom is -0.481 e. The topological polar surface area (TPSA) is 160 Å². The van der Waals surface area contributed by atoms with Crippen LogP contribution >= 0.6 is 0 Å². The van der Waals surface area contributed by atoms with E-state index in [1.807, 2.05) is 31.1 Å². The van der Waals surface area contributed by atoms with Gasteiger partial charge in [0.25, 0.3) is 0 Å². The van der Waals surface area contributed by atoms with Crippen molar-refractivity contribution < 1.29 is 19.4 Å². The van der Waals surface area contributed by atoms with Gasteiger partial charge in [0.2, 0.25) is 5.91 Å². The molecular weight excluding hydrogens is 502 g/mol. The quantitative estimate of drug-likeness (QED) is 0.231. The predicted octanol–water partition coefficient (Wildman–Crippen LogP) is 2.27. The smallest absolute Gasteiger partial charge is 0.327 e. The van der Waals surface area contributed by atoms with Gasteiger partial charge in [0.15, 0.2) is 11.5 Å². The molecule has 12 heteroatoms. The number of ether oxygens (including phenoxy) is 1. The molecule has 0 saturated heterocycles. The van der Waals surface area contributed by atoms with Crippen LogP contribution in [-0.2, 0) is 29.1 Å². The number of aliphatic carboxylic acids is 1. The van der Waals surface area contributed by atoms with E-state index in [9.17, 15) is 14.4 Å². The molecule has 2 aromatic heterocycles. The van der Waals surface area contributed by atoms with Crippen molar-refractivity contribution in [3.05, 3.63) is 45.9 Å². The number of nitrogens with two attached hydrogens (primary N) is 1. The second-order valence-electron chi connectivity index (χ2n) is 9.84. The normalized spacial score (nSPS) is 11.3. The third-order valence-electron chi connectivity index (χ3n) is 6.27. The molecule has 0 saturated carbocycles. The van der Waals surface area contributed by atoms with E-state index in [4.69, 9.17) is 15.6 Å². The highest BCUT2D eigenvalue weighted by Crippen LogP contribution is 2.18. The molecule has 39 heavy (non-hydrogen) atoms. The Labute approximate surface area is 227 Å². The minimum atomic E-state index is -0.889. The summed E-state index contributed by atoms with van der Waals surface area (Å²) in [4.78, 5) is 51.9. The Kier molecular flexibility index (Phi) is 10.9. The Hall–Kier alpha value is -3.93. The minimum absolute atomic E-state index is 0.0240. The van der Waals surface area contributed by atoms with Crippen molar-refractivity contribution in [2.75, 3.05) is 39.5 Å². The number of nitrogens with one attached hydrogen (secondary N) is 1. The number of nitrogens with zero attached hydrogens (tertiary/aromatic N) is 5. The van der Waals surface area contributed by atoms with Crippen LogP contribution in [0, 0.1) is 0 Å². The van der Waals surface area contributed by atoms with Crippen molar-refractivity contribution in [2.45, 2.75) is 58.5 Å². The van der Waals surface area contributed by atoms with Gasteiger partial charge in [0.05, 0.1) is 13.0 Å². The first-order valence-electron chi connectivity index (χ1n) is 13.3. The fourth-order valence-corrected chi connectivity index (χ4v) is 4.18. The van der Waals surface area contributed by atoms with Crippen LogP contribution < -0.4 is 16.2 Å². The first-order chi connectivity index (χ1) is 18.7. The number of unbranched alkanes of at least 4 members (excludes halogenated alkanes) is 1. The molecule has 3 aromatic rings. The average Bonchev–Trinajstić information content (AvgIpc) is 3.19. The van der Waals surface area contributed by atoms with Crippen molar-refractivity contribution in [2.24, 2.45) is 0 Å². The van der Waals surface area contributed by atoms with Crippen LogP contribution in [0.25, 0.3) is 11.2 Å². The van der Waals surface area contributed by atoms with E-state index in [0.29, 0.717) is 55.8 Å². The molecule has 2 heterocycles. The lowest BCUT2D eigenvalue weighted by molar-refractivity contribution is -0.136. The largest absolute Gasteiger partial charge is 0.481 e. The maximum absolute atomic E-state index is 13.1. The molecule has 0 aliphatic carbocycles. The zero-order valence-electron chi connectivity index (χ0n) is 23.0. The summed E-state index contributed by atoms with van der Waals surface area (Å²) in [5, 5.41) is 9.01. The fourth-order valence-electron chi connectivity index (χ4n) is 4.18. The van der Waals surface area contributed by atoms with Gasteiger partial charge in [0.1, 0.15) is 5.52 Å². The number of carbonyl (C=O) groups is 2. The van der Waals surface area contributed by atoms with E-state index in [-0.39, 0.29) is 29.8 Å². The zero-order chi connectivity index (χ0) is 28.4. The van der Waals surface area contributed by atoms with Crippen LogP contribution in [0.1, 0.15) is 50.2 Å². The molecule has 1 aromatic carbocycles. The predicted molar refractivity (Wildman–Crippen MR) is 149 cm³/mol. The lowest BCUT2D eigenvalue weighted by Gasteiger charge is -2.23. The Morgan fingerprint density at radius 1 is 1.08 bits per heavy atom. The summed E-state index contributed by atoms with van der Waals surface area (Å²) < 4.78 is 7.10.